The minimum atomic E-state index is -0.229. The number of ether oxygens (including phenoxy) is 2. The third-order valence-corrected chi connectivity index (χ3v) is 6.39. The number of hydrogen-bond acceptors (Lipinski definition) is 5. The Morgan fingerprint density at radius 1 is 1.11 bits per heavy atom. The predicted molar refractivity (Wildman–Crippen MR) is 145 cm³/mol. The largest absolute Gasteiger partial charge is 0.496 e. The van der Waals surface area contributed by atoms with Gasteiger partial charge in [0, 0.05) is 5.56 Å². The molecule has 1 heterocycles. The highest BCUT2D eigenvalue weighted by molar-refractivity contribution is 9.10. The summed E-state index contributed by atoms with van der Waals surface area (Å²) in [5.41, 5.74) is 4.04. The maximum Gasteiger partial charge on any atom is 0.282 e. The van der Waals surface area contributed by atoms with Crippen LogP contribution in [0.3, 0.4) is 0 Å². The van der Waals surface area contributed by atoms with Gasteiger partial charge in [0.25, 0.3) is 5.56 Å². The second-order valence-corrected chi connectivity index (χ2v) is 9.36. The van der Waals surface area contributed by atoms with Crippen LogP contribution in [0.1, 0.15) is 43.4 Å². The topological polar surface area (TPSA) is 65.7 Å². The first-order valence-corrected chi connectivity index (χ1v) is 12.3. The molecule has 0 spiro atoms. The van der Waals surface area contributed by atoms with Crippen molar-refractivity contribution < 1.29 is 9.47 Å². The molecule has 0 amide bonds. The van der Waals surface area contributed by atoms with E-state index < -0.39 is 0 Å². The first-order valence-electron chi connectivity index (χ1n) is 11.5. The number of hydrogen-bond donors (Lipinski definition) is 0. The molecule has 0 unspecified atom stereocenters. The van der Waals surface area contributed by atoms with E-state index in [4.69, 9.17) is 14.5 Å². The molecule has 0 saturated heterocycles. The Morgan fingerprint density at radius 3 is 2.57 bits per heavy atom. The molecule has 35 heavy (non-hydrogen) atoms. The molecule has 6 nitrogen and oxygen atoms in total. The summed E-state index contributed by atoms with van der Waals surface area (Å²) in [6.07, 6.45) is 1.66. The minimum Gasteiger partial charge on any atom is -0.496 e. The summed E-state index contributed by atoms with van der Waals surface area (Å²) in [6, 6.07) is 17.0. The number of methoxy groups -OCH3 is 1. The Labute approximate surface area is 213 Å². The van der Waals surface area contributed by atoms with Crippen LogP contribution in [0.25, 0.3) is 22.3 Å². The average molecular weight is 534 g/mol. The third kappa shape index (κ3) is 5.00. The SMILES string of the molecule is CCOc1ccc(C=Nn2c(-c3cc(C(C)C)c(OC)cc3C)nc3ccccc3c2=O)cc1Br. The number of rotatable bonds is 7. The first-order chi connectivity index (χ1) is 16.8. The fourth-order valence-electron chi connectivity index (χ4n) is 3.97. The third-order valence-electron chi connectivity index (χ3n) is 5.77. The van der Waals surface area contributed by atoms with Gasteiger partial charge in [-0.05, 0) is 94.9 Å². The van der Waals surface area contributed by atoms with Gasteiger partial charge in [-0.2, -0.15) is 9.78 Å². The Hall–Kier alpha value is -3.45. The van der Waals surface area contributed by atoms with Crippen molar-refractivity contribution in [3.05, 3.63) is 86.1 Å². The minimum absolute atomic E-state index is 0.229. The Kier molecular flexibility index (Phi) is 7.36. The number of aromatic nitrogens is 2. The zero-order valence-electron chi connectivity index (χ0n) is 20.5. The molecular weight excluding hydrogens is 506 g/mol. The standard InChI is InChI=1S/C28H28BrN3O3/c1-6-35-25-12-11-19(14-23(25)29)16-30-32-27(31-24-10-8-7-9-20(24)28(32)33)22-15-21(17(2)3)26(34-5)13-18(22)4/h7-17H,6H2,1-5H3. The molecule has 0 radical (unpaired) electrons. The van der Waals surface area contributed by atoms with Gasteiger partial charge in [0.1, 0.15) is 11.5 Å². The lowest BCUT2D eigenvalue weighted by atomic mass is 9.96. The van der Waals surface area contributed by atoms with Crippen molar-refractivity contribution in [1.82, 2.24) is 9.66 Å². The van der Waals surface area contributed by atoms with Crippen LogP contribution in [0.5, 0.6) is 11.5 Å². The molecule has 0 aliphatic heterocycles. The summed E-state index contributed by atoms with van der Waals surface area (Å²) in [6.45, 7) is 8.72. The van der Waals surface area contributed by atoms with Gasteiger partial charge in [-0.15, -0.1) is 0 Å². The maximum atomic E-state index is 13.6. The molecule has 0 aliphatic rings. The van der Waals surface area contributed by atoms with Crippen molar-refractivity contribution in [2.45, 2.75) is 33.6 Å². The van der Waals surface area contributed by atoms with E-state index in [1.54, 1.807) is 19.4 Å². The average Bonchev–Trinajstić information content (AvgIpc) is 2.84. The highest BCUT2D eigenvalue weighted by atomic mass is 79.9. The van der Waals surface area contributed by atoms with Crippen molar-refractivity contribution in [3.63, 3.8) is 0 Å². The fraction of sp³-hybridized carbons (Fsp3) is 0.250. The van der Waals surface area contributed by atoms with E-state index in [1.807, 2.05) is 56.3 Å². The van der Waals surface area contributed by atoms with Gasteiger partial charge < -0.3 is 9.47 Å². The van der Waals surface area contributed by atoms with Gasteiger partial charge in [-0.1, -0.05) is 26.0 Å². The van der Waals surface area contributed by atoms with Gasteiger partial charge in [-0.25, -0.2) is 4.98 Å². The van der Waals surface area contributed by atoms with Gasteiger partial charge in [0.15, 0.2) is 5.82 Å². The number of para-hydroxylation sites is 1. The summed E-state index contributed by atoms with van der Waals surface area (Å²) in [7, 11) is 1.67. The van der Waals surface area contributed by atoms with Crippen molar-refractivity contribution in [3.8, 4) is 22.9 Å². The van der Waals surface area contributed by atoms with Gasteiger partial charge in [0.2, 0.25) is 0 Å². The normalized spacial score (nSPS) is 11.5. The van der Waals surface area contributed by atoms with Crippen LogP contribution >= 0.6 is 15.9 Å². The highest BCUT2D eigenvalue weighted by Gasteiger charge is 2.18. The molecule has 3 aromatic carbocycles. The summed E-state index contributed by atoms with van der Waals surface area (Å²) < 4.78 is 13.4. The van der Waals surface area contributed by atoms with Crippen molar-refractivity contribution in [2.24, 2.45) is 5.10 Å². The number of fused-ring (bicyclic) bond motifs is 1. The van der Waals surface area contributed by atoms with E-state index in [2.05, 4.69) is 40.9 Å². The van der Waals surface area contributed by atoms with E-state index in [0.29, 0.717) is 23.3 Å². The Bertz CT molecular complexity index is 1470. The molecular formula is C28H28BrN3O3. The maximum absolute atomic E-state index is 13.6. The van der Waals surface area contributed by atoms with E-state index in [0.717, 1.165) is 38.2 Å². The quantitative estimate of drug-likeness (QED) is 0.252. The van der Waals surface area contributed by atoms with Crippen molar-refractivity contribution in [1.29, 1.82) is 0 Å². The van der Waals surface area contributed by atoms with Crippen LogP contribution in [0.15, 0.2) is 69.0 Å². The Morgan fingerprint density at radius 2 is 1.89 bits per heavy atom. The molecule has 0 bridgehead atoms. The van der Waals surface area contributed by atoms with Crippen LogP contribution in [-0.2, 0) is 0 Å². The second kappa shape index (κ2) is 10.4. The van der Waals surface area contributed by atoms with Crippen LogP contribution in [-0.4, -0.2) is 29.6 Å². The summed E-state index contributed by atoms with van der Waals surface area (Å²) in [4.78, 5) is 18.4. The number of benzene rings is 3. The molecule has 180 valence electrons. The molecule has 0 N–H and O–H groups in total. The predicted octanol–water partition coefficient (Wildman–Crippen LogP) is 6.55. The lowest BCUT2D eigenvalue weighted by molar-refractivity contribution is 0.338. The molecule has 0 atom stereocenters. The summed E-state index contributed by atoms with van der Waals surface area (Å²) >= 11 is 3.54. The summed E-state index contributed by atoms with van der Waals surface area (Å²) in [5.74, 6) is 2.29. The van der Waals surface area contributed by atoms with Crippen LogP contribution in [0.2, 0.25) is 0 Å². The van der Waals surface area contributed by atoms with Crippen molar-refractivity contribution in [2.75, 3.05) is 13.7 Å². The van der Waals surface area contributed by atoms with E-state index in [9.17, 15) is 4.79 Å². The van der Waals surface area contributed by atoms with Gasteiger partial charge in [0.05, 0.1) is 35.3 Å². The van der Waals surface area contributed by atoms with E-state index in [1.165, 1.54) is 4.68 Å². The van der Waals surface area contributed by atoms with Crippen LogP contribution < -0.4 is 15.0 Å². The lowest BCUT2D eigenvalue weighted by Crippen LogP contribution is -2.20. The molecule has 7 heteroatoms. The Balaban J connectivity index is 1.93. The van der Waals surface area contributed by atoms with Crippen LogP contribution in [0, 0.1) is 6.92 Å². The fourth-order valence-corrected chi connectivity index (χ4v) is 4.48. The molecule has 0 aliphatic carbocycles. The molecule has 0 saturated carbocycles. The molecule has 1 aromatic heterocycles. The molecule has 4 aromatic rings. The number of aryl methyl sites for hydroxylation is 1. The van der Waals surface area contributed by atoms with Gasteiger partial charge in [-0.3, -0.25) is 4.79 Å². The van der Waals surface area contributed by atoms with E-state index >= 15 is 0 Å². The number of nitrogens with zero attached hydrogens (tertiary/aromatic N) is 3. The van der Waals surface area contributed by atoms with E-state index in [-0.39, 0.29) is 11.5 Å². The highest BCUT2D eigenvalue weighted by Crippen LogP contribution is 2.34. The lowest BCUT2D eigenvalue weighted by Gasteiger charge is -2.17. The monoisotopic (exact) mass is 533 g/mol. The number of halogens is 1. The second-order valence-electron chi connectivity index (χ2n) is 8.50. The first kappa shape index (κ1) is 24.7. The smallest absolute Gasteiger partial charge is 0.282 e. The molecule has 4 rings (SSSR count). The molecule has 0 fully saturated rings. The summed E-state index contributed by atoms with van der Waals surface area (Å²) in [5, 5.41) is 5.11. The zero-order chi connectivity index (χ0) is 25.1. The van der Waals surface area contributed by atoms with Gasteiger partial charge >= 0.3 is 0 Å². The van der Waals surface area contributed by atoms with Crippen LogP contribution in [0.4, 0.5) is 0 Å². The zero-order valence-corrected chi connectivity index (χ0v) is 22.1. The van der Waals surface area contributed by atoms with Crippen molar-refractivity contribution >= 4 is 33.0 Å².